The number of para-hydroxylation sites is 2. The van der Waals surface area contributed by atoms with E-state index < -0.39 is 11.5 Å². The molecule has 6 nitrogen and oxygen atoms in total. The Morgan fingerprint density at radius 2 is 2.08 bits per heavy atom. The largest absolute Gasteiger partial charge is 0.465 e. The SMILES string of the molecule is CCN1C(=O)C(C)(C(=O)Nc2nc(C)c(C)s2)Oc2ccccc21. The topological polar surface area (TPSA) is 71.5 Å². The average Bonchev–Trinajstić information content (AvgIpc) is 2.86. The number of benzene rings is 1. The van der Waals surface area contributed by atoms with Crippen LogP contribution in [0.25, 0.3) is 0 Å². The number of anilines is 2. The molecular weight excluding hydrogens is 326 g/mol. The quantitative estimate of drug-likeness (QED) is 0.868. The fraction of sp³-hybridized carbons (Fsp3) is 0.353. The molecule has 1 aliphatic rings. The molecule has 24 heavy (non-hydrogen) atoms. The Morgan fingerprint density at radius 1 is 1.38 bits per heavy atom. The zero-order chi connectivity index (χ0) is 17.5. The van der Waals surface area contributed by atoms with Gasteiger partial charge in [0.25, 0.3) is 17.4 Å². The lowest BCUT2D eigenvalue weighted by Gasteiger charge is -2.38. The van der Waals surface area contributed by atoms with E-state index in [4.69, 9.17) is 4.74 Å². The van der Waals surface area contributed by atoms with Crippen molar-refractivity contribution >= 4 is 34.0 Å². The van der Waals surface area contributed by atoms with Crippen molar-refractivity contribution in [2.24, 2.45) is 0 Å². The summed E-state index contributed by atoms with van der Waals surface area (Å²) in [6, 6.07) is 7.21. The average molecular weight is 345 g/mol. The Labute approximate surface area is 144 Å². The zero-order valence-electron chi connectivity index (χ0n) is 14.0. The highest BCUT2D eigenvalue weighted by Gasteiger charge is 2.50. The van der Waals surface area contributed by atoms with E-state index in [0.717, 1.165) is 10.6 Å². The van der Waals surface area contributed by atoms with Gasteiger partial charge >= 0.3 is 0 Å². The van der Waals surface area contributed by atoms with E-state index in [1.807, 2.05) is 39.0 Å². The van der Waals surface area contributed by atoms with Crippen molar-refractivity contribution in [3.05, 3.63) is 34.8 Å². The summed E-state index contributed by atoms with van der Waals surface area (Å²) in [7, 11) is 0. The molecule has 1 aromatic heterocycles. The van der Waals surface area contributed by atoms with Crippen molar-refractivity contribution in [3.63, 3.8) is 0 Å². The maximum absolute atomic E-state index is 12.9. The van der Waals surface area contributed by atoms with Crippen LogP contribution in [0, 0.1) is 13.8 Å². The number of nitrogens with one attached hydrogen (secondary N) is 1. The lowest BCUT2D eigenvalue weighted by molar-refractivity contribution is -0.145. The Hall–Kier alpha value is -2.41. The third kappa shape index (κ3) is 2.54. The molecule has 1 aromatic carbocycles. The number of carbonyl (C=O) groups excluding carboxylic acids is 2. The molecule has 0 fully saturated rings. The molecule has 2 amide bonds. The van der Waals surface area contributed by atoms with Crippen LogP contribution in [0.15, 0.2) is 24.3 Å². The molecule has 0 saturated carbocycles. The highest BCUT2D eigenvalue weighted by Crippen LogP contribution is 2.38. The Morgan fingerprint density at radius 3 is 2.71 bits per heavy atom. The first-order chi connectivity index (χ1) is 11.4. The Kier molecular flexibility index (Phi) is 4.04. The van der Waals surface area contributed by atoms with Gasteiger partial charge in [-0.05, 0) is 39.8 Å². The third-order valence-electron chi connectivity index (χ3n) is 4.12. The zero-order valence-corrected chi connectivity index (χ0v) is 14.9. The minimum absolute atomic E-state index is 0.383. The summed E-state index contributed by atoms with van der Waals surface area (Å²) < 4.78 is 5.81. The molecule has 0 saturated heterocycles. The summed E-state index contributed by atoms with van der Waals surface area (Å²) in [6.45, 7) is 7.63. The monoisotopic (exact) mass is 345 g/mol. The van der Waals surface area contributed by atoms with E-state index in [1.165, 1.54) is 18.3 Å². The summed E-state index contributed by atoms with van der Waals surface area (Å²) in [6.07, 6.45) is 0. The maximum atomic E-state index is 12.9. The number of aromatic nitrogens is 1. The van der Waals surface area contributed by atoms with Gasteiger partial charge in [0.05, 0.1) is 11.4 Å². The van der Waals surface area contributed by atoms with Crippen LogP contribution in [-0.4, -0.2) is 28.9 Å². The van der Waals surface area contributed by atoms with Gasteiger partial charge < -0.3 is 9.64 Å². The van der Waals surface area contributed by atoms with Crippen LogP contribution in [0.5, 0.6) is 5.75 Å². The highest BCUT2D eigenvalue weighted by molar-refractivity contribution is 7.15. The summed E-state index contributed by atoms with van der Waals surface area (Å²) in [5.74, 6) is -0.386. The van der Waals surface area contributed by atoms with Crippen LogP contribution in [0.2, 0.25) is 0 Å². The molecule has 2 aromatic rings. The molecule has 0 bridgehead atoms. The van der Waals surface area contributed by atoms with Crippen LogP contribution in [0.3, 0.4) is 0 Å². The van der Waals surface area contributed by atoms with E-state index in [1.54, 1.807) is 11.0 Å². The second kappa shape index (κ2) is 5.90. The van der Waals surface area contributed by atoms with E-state index >= 15 is 0 Å². The summed E-state index contributed by atoms with van der Waals surface area (Å²) in [4.78, 5) is 32.5. The standard InChI is InChI=1S/C17H19N3O3S/c1-5-20-12-8-6-7-9-13(12)23-17(4,15(20)22)14(21)19-16-18-10(2)11(3)24-16/h6-9H,5H2,1-4H3,(H,18,19,21). The highest BCUT2D eigenvalue weighted by atomic mass is 32.1. The van der Waals surface area contributed by atoms with Crippen molar-refractivity contribution in [1.82, 2.24) is 4.98 Å². The molecule has 7 heteroatoms. The van der Waals surface area contributed by atoms with E-state index in [2.05, 4.69) is 10.3 Å². The molecule has 126 valence electrons. The molecule has 0 spiro atoms. The van der Waals surface area contributed by atoms with Gasteiger partial charge in [-0.3, -0.25) is 14.9 Å². The van der Waals surface area contributed by atoms with Crippen molar-refractivity contribution in [3.8, 4) is 5.75 Å². The lowest BCUT2D eigenvalue weighted by Crippen LogP contribution is -2.60. The number of rotatable bonds is 3. The fourth-order valence-corrected chi connectivity index (χ4v) is 3.41. The maximum Gasteiger partial charge on any atom is 0.280 e. The number of nitrogens with zero attached hydrogens (tertiary/aromatic N) is 2. The van der Waals surface area contributed by atoms with E-state index in [-0.39, 0.29) is 5.91 Å². The van der Waals surface area contributed by atoms with Gasteiger partial charge in [-0.1, -0.05) is 12.1 Å². The molecule has 1 atom stereocenters. The number of thiazole rings is 1. The van der Waals surface area contributed by atoms with Gasteiger partial charge in [0, 0.05) is 11.4 Å². The molecule has 0 radical (unpaired) electrons. The fourth-order valence-electron chi connectivity index (χ4n) is 2.60. The van der Waals surface area contributed by atoms with Gasteiger partial charge in [-0.2, -0.15) is 0 Å². The first-order valence-corrected chi connectivity index (χ1v) is 8.54. The third-order valence-corrected chi connectivity index (χ3v) is 5.11. The number of hydrogen-bond donors (Lipinski definition) is 1. The molecule has 0 aliphatic carbocycles. The van der Waals surface area contributed by atoms with E-state index in [9.17, 15) is 9.59 Å². The number of ether oxygens (including phenoxy) is 1. The molecule has 2 heterocycles. The molecule has 1 N–H and O–H groups in total. The molecular formula is C17H19N3O3S. The summed E-state index contributed by atoms with van der Waals surface area (Å²) in [5, 5.41) is 3.18. The first kappa shape index (κ1) is 16.4. The Bertz CT molecular complexity index is 798. The Balaban J connectivity index is 1.94. The molecule has 1 aliphatic heterocycles. The van der Waals surface area contributed by atoms with Crippen molar-refractivity contribution in [2.75, 3.05) is 16.8 Å². The van der Waals surface area contributed by atoms with Gasteiger partial charge in [-0.25, -0.2) is 4.98 Å². The number of carbonyl (C=O) groups is 2. The lowest BCUT2D eigenvalue weighted by atomic mass is 10.00. The van der Waals surface area contributed by atoms with Gasteiger partial charge in [-0.15, -0.1) is 11.3 Å². The van der Waals surface area contributed by atoms with Gasteiger partial charge in [0.1, 0.15) is 5.75 Å². The number of hydrogen-bond acceptors (Lipinski definition) is 5. The number of fused-ring (bicyclic) bond motifs is 1. The van der Waals surface area contributed by atoms with Crippen LogP contribution < -0.4 is 15.0 Å². The summed E-state index contributed by atoms with van der Waals surface area (Å²) >= 11 is 1.38. The normalized spacial score (nSPS) is 19.7. The predicted octanol–water partition coefficient (Wildman–Crippen LogP) is 2.90. The minimum Gasteiger partial charge on any atom is -0.465 e. The predicted molar refractivity (Wildman–Crippen MR) is 93.7 cm³/mol. The second-order valence-electron chi connectivity index (χ2n) is 5.77. The smallest absolute Gasteiger partial charge is 0.280 e. The number of likely N-dealkylation sites (N-methyl/N-ethyl adjacent to an activating group) is 1. The number of aryl methyl sites for hydroxylation is 2. The van der Waals surface area contributed by atoms with Crippen molar-refractivity contribution in [2.45, 2.75) is 33.3 Å². The van der Waals surface area contributed by atoms with Crippen molar-refractivity contribution < 1.29 is 14.3 Å². The van der Waals surface area contributed by atoms with E-state index in [0.29, 0.717) is 23.1 Å². The van der Waals surface area contributed by atoms with Crippen molar-refractivity contribution in [1.29, 1.82) is 0 Å². The minimum atomic E-state index is -1.63. The van der Waals surface area contributed by atoms with Crippen LogP contribution >= 0.6 is 11.3 Å². The van der Waals surface area contributed by atoms with Crippen LogP contribution in [0.4, 0.5) is 10.8 Å². The number of amides is 2. The summed E-state index contributed by atoms with van der Waals surface area (Å²) in [5.41, 5.74) is -0.0919. The van der Waals surface area contributed by atoms with Gasteiger partial charge in [0.15, 0.2) is 5.13 Å². The molecule has 1 unspecified atom stereocenters. The van der Waals surface area contributed by atoms with Crippen LogP contribution in [-0.2, 0) is 9.59 Å². The van der Waals surface area contributed by atoms with Crippen LogP contribution in [0.1, 0.15) is 24.4 Å². The molecule has 3 rings (SSSR count). The second-order valence-corrected chi connectivity index (χ2v) is 6.97. The first-order valence-electron chi connectivity index (χ1n) is 7.72. The van der Waals surface area contributed by atoms with Gasteiger partial charge in [0.2, 0.25) is 0 Å².